The molecule has 0 unspecified atom stereocenters. The first-order valence-corrected chi connectivity index (χ1v) is 10.2. The molecular formula is C25H21NS. The molecular weight excluding hydrogens is 346 g/mol. The van der Waals surface area contributed by atoms with Crippen LogP contribution in [0.3, 0.4) is 0 Å². The fourth-order valence-corrected chi connectivity index (χ4v) is 5.21. The van der Waals surface area contributed by atoms with Crippen molar-refractivity contribution in [1.29, 1.82) is 0 Å². The summed E-state index contributed by atoms with van der Waals surface area (Å²) >= 11 is 1.83. The Labute approximate surface area is 164 Å². The van der Waals surface area contributed by atoms with Crippen molar-refractivity contribution >= 4 is 27.6 Å². The Bertz CT molecular complexity index is 1160. The van der Waals surface area contributed by atoms with Gasteiger partial charge in [0.2, 0.25) is 0 Å². The third-order valence-electron chi connectivity index (χ3n) is 5.41. The number of thioether (sulfide) groups is 1. The van der Waals surface area contributed by atoms with E-state index in [1.165, 1.54) is 43.9 Å². The van der Waals surface area contributed by atoms with Crippen LogP contribution in [-0.2, 0) is 6.42 Å². The van der Waals surface area contributed by atoms with Crippen molar-refractivity contribution < 1.29 is 0 Å². The molecule has 0 fully saturated rings. The smallest absolute Gasteiger partial charge is 0.0540 e. The molecule has 3 aromatic rings. The van der Waals surface area contributed by atoms with Crippen molar-refractivity contribution in [3.05, 3.63) is 107 Å². The van der Waals surface area contributed by atoms with Gasteiger partial charge in [-0.3, -0.25) is 0 Å². The number of rotatable bonds is 1. The zero-order valence-corrected chi connectivity index (χ0v) is 16.2. The molecule has 2 aromatic carbocycles. The molecule has 2 heteroatoms. The van der Waals surface area contributed by atoms with Gasteiger partial charge in [-0.1, -0.05) is 66.9 Å². The van der Waals surface area contributed by atoms with Crippen molar-refractivity contribution in [2.75, 3.05) is 0 Å². The SMILES string of the molecule is C=C1/C=C\C=C/SC2=C1CCc1c2c2ccc(C)cc2n1-c1ccccc1. The Balaban J connectivity index is 1.87. The second-order valence-electron chi connectivity index (χ2n) is 7.15. The maximum atomic E-state index is 4.33. The van der Waals surface area contributed by atoms with Gasteiger partial charge in [-0.2, -0.15) is 0 Å². The summed E-state index contributed by atoms with van der Waals surface area (Å²) in [6.07, 6.45) is 8.40. The summed E-state index contributed by atoms with van der Waals surface area (Å²) in [5.74, 6) is 0. The van der Waals surface area contributed by atoms with E-state index in [0.29, 0.717) is 0 Å². The second-order valence-corrected chi connectivity index (χ2v) is 8.07. The van der Waals surface area contributed by atoms with E-state index in [2.05, 4.69) is 90.2 Å². The van der Waals surface area contributed by atoms with Crippen LogP contribution in [0.4, 0.5) is 0 Å². The number of nitrogens with zero attached hydrogens (tertiary/aromatic N) is 1. The Hall–Kier alpha value is -2.71. The topological polar surface area (TPSA) is 4.93 Å². The van der Waals surface area contributed by atoms with Gasteiger partial charge in [0.05, 0.1) is 5.52 Å². The molecule has 132 valence electrons. The lowest BCUT2D eigenvalue weighted by Gasteiger charge is -2.23. The van der Waals surface area contributed by atoms with E-state index in [9.17, 15) is 0 Å². The minimum Gasteiger partial charge on any atom is -0.313 e. The zero-order chi connectivity index (χ0) is 18.4. The van der Waals surface area contributed by atoms with Crippen LogP contribution in [0.1, 0.15) is 23.2 Å². The normalized spacial score (nSPS) is 18.6. The van der Waals surface area contributed by atoms with Crippen LogP contribution in [0.5, 0.6) is 0 Å². The summed E-state index contributed by atoms with van der Waals surface area (Å²) in [6, 6.07) is 17.6. The average Bonchev–Trinajstić information content (AvgIpc) is 3.00. The molecule has 1 aliphatic heterocycles. The maximum Gasteiger partial charge on any atom is 0.0540 e. The fourth-order valence-electron chi connectivity index (χ4n) is 4.18. The predicted molar refractivity (Wildman–Crippen MR) is 118 cm³/mol. The van der Waals surface area contributed by atoms with E-state index in [1.807, 2.05) is 11.8 Å². The van der Waals surface area contributed by atoms with Crippen LogP contribution in [0.2, 0.25) is 0 Å². The molecule has 0 amide bonds. The Morgan fingerprint density at radius 1 is 1.00 bits per heavy atom. The highest BCUT2D eigenvalue weighted by atomic mass is 32.2. The van der Waals surface area contributed by atoms with E-state index in [0.717, 1.165) is 18.4 Å². The van der Waals surface area contributed by atoms with Crippen LogP contribution in [0.25, 0.3) is 21.5 Å². The lowest BCUT2D eigenvalue weighted by Crippen LogP contribution is -2.08. The minimum absolute atomic E-state index is 1.04. The maximum absolute atomic E-state index is 4.33. The number of benzene rings is 2. The summed E-state index contributed by atoms with van der Waals surface area (Å²) in [5.41, 5.74) is 9.17. The third kappa shape index (κ3) is 2.64. The van der Waals surface area contributed by atoms with Crippen LogP contribution in [-0.4, -0.2) is 4.57 Å². The Kier molecular flexibility index (Phi) is 3.95. The van der Waals surface area contributed by atoms with Gasteiger partial charge in [-0.25, -0.2) is 0 Å². The number of hydrogen-bond acceptors (Lipinski definition) is 1. The molecule has 2 aliphatic rings. The zero-order valence-electron chi connectivity index (χ0n) is 15.4. The van der Waals surface area contributed by atoms with Crippen molar-refractivity contribution in [2.24, 2.45) is 0 Å². The van der Waals surface area contributed by atoms with Crippen LogP contribution in [0, 0.1) is 6.92 Å². The standard InChI is InChI=1S/C25H21NS/c1-17-11-12-21-23(16-17)26(19-9-4-3-5-10-19)22-14-13-20-18(2)8-6-7-15-27-25(20)24(21)22/h3-12,15-16H,2,13-14H2,1H3/b8-6-,15-7-. The lowest BCUT2D eigenvalue weighted by atomic mass is 9.91. The van der Waals surface area contributed by atoms with Gasteiger partial charge in [0.1, 0.15) is 0 Å². The summed E-state index contributed by atoms with van der Waals surface area (Å²) in [6.45, 7) is 6.51. The fraction of sp³-hybridized carbons (Fsp3) is 0.120. The number of allylic oxidation sites excluding steroid dienone is 5. The molecule has 0 saturated heterocycles. The highest BCUT2D eigenvalue weighted by Crippen LogP contribution is 2.47. The first-order chi connectivity index (χ1) is 13.2. The molecule has 1 aliphatic carbocycles. The van der Waals surface area contributed by atoms with E-state index < -0.39 is 0 Å². The molecule has 0 bridgehead atoms. The quantitative estimate of drug-likeness (QED) is 0.449. The molecule has 0 spiro atoms. The Morgan fingerprint density at radius 3 is 2.70 bits per heavy atom. The van der Waals surface area contributed by atoms with Gasteiger partial charge >= 0.3 is 0 Å². The van der Waals surface area contributed by atoms with Crippen molar-refractivity contribution in [2.45, 2.75) is 19.8 Å². The first kappa shape index (κ1) is 16.5. The first-order valence-electron chi connectivity index (χ1n) is 9.36. The van der Waals surface area contributed by atoms with Gasteiger partial charge < -0.3 is 4.57 Å². The molecule has 0 radical (unpaired) electrons. The number of aromatic nitrogens is 1. The molecule has 1 nitrogen and oxygen atoms in total. The van der Waals surface area contributed by atoms with Gasteiger partial charge in [0.15, 0.2) is 0 Å². The number of fused-ring (bicyclic) bond motifs is 4. The van der Waals surface area contributed by atoms with Crippen LogP contribution < -0.4 is 0 Å². The van der Waals surface area contributed by atoms with E-state index in [-0.39, 0.29) is 0 Å². The van der Waals surface area contributed by atoms with Crippen molar-refractivity contribution in [1.82, 2.24) is 4.57 Å². The lowest BCUT2D eigenvalue weighted by molar-refractivity contribution is 0.863. The van der Waals surface area contributed by atoms with Gasteiger partial charge in [-0.05, 0) is 60.1 Å². The minimum atomic E-state index is 1.04. The summed E-state index contributed by atoms with van der Waals surface area (Å²) < 4.78 is 2.46. The van der Waals surface area contributed by atoms with E-state index in [4.69, 9.17) is 0 Å². The van der Waals surface area contributed by atoms with E-state index in [1.54, 1.807) is 0 Å². The molecule has 0 atom stereocenters. The molecule has 2 heterocycles. The molecule has 5 rings (SSSR count). The largest absolute Gasteiger partial charge is 0.313 e. The van der Waals surface area contributed by atoms with Crippen molar-refractivity contribution in [3.8, 4) is 5.69 Å². The van der Waals surface area contributed by atoms with Crippen molar-refractivity contribution in [3.63, 3.8) is 0 Å². The Morgan fingerprint density at radius 2 is 1.85 bits per heavy atom. The second kappa shape index (κ2) is 6.47. The molecule has 0 saturated carbocycles. The van der Waals surface area contributed by atoms with Gasteiger partial charge in [-0.15, -0.1) is 0 Å². The van der Waals surface area contributed by atoms with Gasteiger partial charge in [0.25, 0.3) is 0 Å². The molecule has 0 N–H and O–H groups in total. The van der Waals surface area contributed by atoms with E-state index >= 15 is 0 Å². The summed E-state index contributed by atoms with van der Waals surface area (Å²) in [4.78, 5) is 1.37. The molecule has 1 aromatic heterocycles. The van der Waals surface area contributed by atoms with Crippen LogP contribution >= 0.6 is 11.8 Å². The highest BCUT2D eigenvalue weighted by molar-refractivity contribution is 8.11. The summed E-state index contributed by atoms with van der Waals surface area (Å²) in [5, 5.41) is 3.53. The third-order valence-corrected chi connectivity index (χ3v) is 6.39. The molecule has 27 heavy (non-hydrogen) atoms. The summed E-state index contributed by atoms with van der Waals surface area (Å²) in [7, 11) is 0. The average molecular weight is 368 g/mol. The number of aryl methyl sites for hydroxylation is 1. The predicted octanol–water partition coefficient (Wildman–Crippen LogP) is 6.97. The highest BCUT2D eigenvalue weighted by Gasteiger charge is 2.27. The number of para-hydroxylation sites is 1. The number of hydrogen-bond donors (Lipinski definition) is 0. The van der Waals surface area contributed by atoms with Gasteiger partial charge in [0, 0.05) is 27.2 Å². The monoisotopic (exact) mass is 367 g/mol. The van der Waals surface area contributed by atoms with Crippen LogP contribution in [0.15, 0.2) is 89.9 Å².